The monoisotopic (exact) mass is 372 g/mol. The van der Waals surface area contributed by atoms with Crippen molar-refractivity contribution in [2.75, 3.05) is 4.90 Å². The first-order valence-electron chi connectivity index (χ1n) is 6.95. The van der Waals surface area contributed by atoms with Gasteiger partial charge in [0, 0.05) is 4.47 Å². The number of nitrogens with one attached hydrogen (secondary N) is 1. The molecule has 1 saturated heterocycles. The molecule has 6 heteroatoms. The summed E-state index contributed by atoms with van der Waals surface area (Å²) in [6.45, 7) is 5.71. The number of anilines is 1. The fourth-order valence-electron chi connectivity index (χ4n) is 2.51. The summed E-state index contributed by atoms with van der Waals surface area (Å²) >= 11 is 9.62. The number of nitrogens with zero attached hydrogens (tertiary/aromatic N) is 1. The number of hydrogen-bond donors (Lipinski definition) is 1. The van der Waals surface area contributed by atoms with Crippen LogP contribution in [0.5, 0.6) is 0 Å². The Labute approximate surface area is 138 Å². The number of amides is 2. The highest BCUT2D eigenvalue weighted by atomic mass is 79.9. The Balaban J connectivity index is 2.49. The maximum absolute atomic E-state index is 12.8. The summed E-state index contributed by atoms with van der Waals surface area (Å²) in [6, 6.07) is 4.28. The van der Waals surface area contributed by atoms with E-state index in [1.807, 2.05) is 26.8 Å². The van der Waals surface area contributed by atoms with Crippen molar-refractivity contribution in [1.29, 1.82) is 0 Å². The van der Waals surface area contributed by atoms with Crippen LogP contribution >= 0.6 is 27.5 Å². The van der Waals surface area contributed by atoms with E-state index in [4.69, 9.17) is 11.6 Å². The Bertz CT molecular complexity index is 577. The first-order valence-corrected chi connectivity index (χ1v) is 8.12. The van der Waals surface area contributed by atoms with Gasteiger partial charge in [0.2, 0.25) is 5.91 Å². The van der Waals surface area contributed by atoms with Gasteiger partial charge >= 0.3 is 0 Å². The lowest BCUT2D eigenvalue weighted by Crippen LogP contribution is -2.65. The molecule has 0 radical (unpaired) electrons. The average molecular weight is 374 g/mol. The number of benzene rings is 1. The molecule has 4 nitrogen and oxygen atoms in total. The van der Waals surface area contributed by atoms with Crippen molar-refractivity contribution >= 4 is 45.0 Å². The third-order valence-electron chi connectivity index (χ3n) is 3.64. The van der Waals surface area contributed by atoms with Gasteiger partial charge < -0.3 is 5.32 Å². The van der Waals surface area contributed by atoms with E-state index in [1.54, 1.807) is 12.1 Å². The normalized spacial score (nSPS) is 22.7. The van der Waals surface area contributed by atoms with Crippen molar-refractivity contribution in [1.82, 2.24) is 5.32 Å². The van der Waals surface area contributed by atoms with Crippen molar-refractivity contribution < 1.29 is 9.59 Å². The third-order valence-corrected chi connectivity index (χ3v) is 4.43. The van der Waals surface area contributed by atoms with E-state index in [1.165, 1.54) is 4.90 Å². The molecule has 0 spiro atoms. The summed E-state index contributed by atoms with van der Waals surface area (Å²) < 4.78 is 0.832. The molecule has 2 rings (SSSR count). The van der Waals surface area contributed by atoms with Crippen LogP contribution in [-0.4, -0.2) is 23.9 Å². The van der Waals surface area contributed by atoms with Crippen molar-refractivity contribution in [3.63, 3.8) is 0 Å². The molecule has 0 bridgehead atoms. The van der Waals surface area contributed by atoms with Crippen LogP contribution in [0.2, 0.25) is 5.02 Å². The Hall–Kier alpha value is -1.07. The van der Waals surface area contributed by atoms with E-state index in [-0.39, 0.29) is 17.7 Å². The van der Waals surface area contributed by atoms with E-state index in [2.05, 4.69) is 21.2 Å². The van der Waals surface area contributed by atoms with Crippen LogP contribution in [0.4, 0.5) is 5.69 Å². The third kappa shape index (κ3) is 3.09. The molecule has 1 fully saturated rings. The van der Waals surface area contributed by atoms with Crippen LogP contribution in [0.15, 0.2) is 22.7 Å². The van der Waals surface area contributed by atoms with Gasteiger partial charge in [-0.25, -0.2) is 0 Å². The Morgan fingerprint density at radius 2 is 2.05 bits per heavy atom. The maximum atomic E-state index is 12.8. The van der Waals surface area contributed by atoms with Crippen LogP contribution in [0.1, 0.15) is 27.2 Å². The van der Waals surface area contributed by atoms with E-state index in [0.717, 1.165) is 4.47 Å². The zero-order chi connectivity index (χ0) is 15.7. The smallest absolute Gasteiger partial charge is 0.250 e. The quantitative estimate of drug-likeness (QED) is 0.883. The van der Waals surface area contributed by atoms with Crippen LogP contribution in [0.25, 0.3) is 0 Å². The molecule has 1 aliphatic rings. The average Bonchev–Trinajstić information content (AvgIpc) is 2.41. The van der Waals surface area contributed by atoms with Crippen LogP contribution in [0, 0.1) is 5.92 Å². The van der Waals surface area contributed by atoms with E-state index >= 15 is 0 Å². The predicted molar refractivity (Wildman–Crippen MR) is 87.5 cm³/mol. The van der Waals surface area contributed by atoms with Crippen LogP contribution in [-0.2, 0) is 9.59 Å². The van der Waals surface area contributed by atoms with Gasteiger partial charge in [-0.3, -0.25) is 14.5 Å². The largest absolute Gasteiger partial charge is 0.342 e. The Kier molecular flexibility index (Phi) is 4.94. The lowest BCUT2D eigenvalue weighted by molar-refractivity contribution is -0.134. The molecular weight excluding hydrogens is 356 g/mol. The van der Waals surface area contributed by atoms with Crippen molar-refractivity contribution in [2.24, 2.45) is 5.92 Å². The van der Waals surface area contributed by atoms with Crippen LogP contribution < -0.4 is 10.2 Å². The molecule has 1 aliphatic heterocycles. The summed E-state index contributed by atoms with van der Waals surface area (Å²) in [5.74, 6) is -0.216. The van der Waals surface area contributed by atoms with Gasteiger partial charge in [0.15, 0.2) is 0 Å². The molecule has 2 unspecified atom stereocenters. The summed E-state index contributed by atoms with van der Waals surface area (Å²) in [6.07, 6.45) is 0.536. The fraction of sp³-hybridized carbons (Fsp3) is 0.467. The standard InChI is InChI=1S/C15H18BrClN2O2/c1-4-11-14(20)18-13(8(2)3)15(21)19(11)12-6-5-9(16)7-10(12)17/h5-8,11,13H,4H2,1-3H3,(H,18,20). The highest BCUT2D eigenvalue weighted by Crippen LogP contribution is 2.33. The first-order chi connectivity index (χ1) is 9.86. The molecule has 21 heavy (non-hydrogen) atoms. The van der Waals surface area contributed by atoms with E-state index < -0.39 is 12.1 Å². The van der Waals surface area contributed by atoms with Gasteiger partial charge in [0.05, 0.1) is 10.7 Å². The number of halogens is 2. The summed E-state index contributed by atoms with van der Waals surface area (Å²) in [5, 5.41) is 3.27. The zero-order valence-corrected chi connectivity index (χ0v) is 14.5. The lowest BCUT2D eigenvalue weighted by atomic mass is 9.96. The SMILES string of the molecule is CCC1C(=O)NC(C(C)C)C(=O)N1c1ccc(Br)cc1Cl. The number of piperazine rings is 1. The Morgan fingerprint density at radius 3 is 2.57 bits per heavy atom. The predicted octanol–water partition coefficient (Wildman–Crippen LogP) is 3.37. The molecule has 1 heterocycles. The van der Waals surface area contributed by atoms with Crippen molar-refractivity contribution in [3.05, 3.63) is 27.7 Å². The second kappa shape index (κ2) is 6.36. The highest BCUT2D eigenvalue weighted by molar-refractivity contribution is 9.10. The topological polar surface area (TPSA) is 49.4 Å². The number of carbonyl (C=O) groups excluding carboxylic acids is 2. The lowest BCUT2D eigenvalue weighted by Gasteiger charge is -2.40. The minimum absolute atomic E-state index is 0.0241. The molecular formula is C15H18BrClN2O2. The molecule has 2 amide bonds. The van der Waals surface area contributed by atoms with E-state index in [0.29, 0.717) is 17.1 Å². The van der Waals surface area contributed by atoms with Crippen LogP contribution in [0.3, 0.4) is 0 Å². The number of carbonyl (C=O) groups is 2. The summed E-state index contributed by atoms with van der Waals surface area (Å²) in [7, 11) is 0. The van der Waals surface area contributed by atoms with Gasteiger partial charge in [-0.05, 0) is 30.5 Å². The zero-order valence-electron chi connectivity index (χ0n) is 12.2. The molecule has 2 atom stereocenters. The van der Waals surface area contributed by atoms with Crippen molar-refractivity contribution in [2.45, 2.75) is 39.3 Å². The summed E-state index contributed by atoms with van der Waals surface area (Å²) in [5.41, 5.74) is 0.581. The molecule has 0 aromatic heterocycles. The van der Waals surface area contributed by atoms with Gasteiger partial charge in [-0.15, -0.1) is 0 Å². The van der Waals surface area contributed by atoms with Gasteiger partial charge in [-0.1, -0.05) is 48.3 Å². The van der Waals surface area contributed by atoms with Gasteiger partial charge in [-0.2, -0.15) is 0 Å². The minimum Gasteiger partial charge on any atom is -0.342 e. The number of rotatable bonds is 3. The molecule has 1 aromatic carbocycles. The Morgan fingerprint density at radius 1 is 1.38 bits per heavy atom. The molecule has 0 saturated carbocycles. The number of hydrogen-bond acceptors (Lipinski definition) is 2. The molecule has 1 N–H and O–H groups in total. The first kappa shape index (κ1) is 16.3. The molecule has 114 valence electrons. The van der Waals surface area contributed by atoms with Gasteiger partial charge in [0.25, 0.3) is 5.91 Å². The fourth-order valence-corrected chi connectivity index (χ4v) is 3.28. The second-order valence-electron chi connectivity index (χ2n) is 5.46. The summed E-state index contributed by atoms with van der Waals surface area (Å²) in [4.78, 5) is 26.6. The second-order valence-corrected chi connectivity index (χ2v) is 6.78. The highest BCUT2D eigenvalue weighted by Gasteiger charge is 2.42. The van der Waals surface area contributed by atoms with E-state index in [9.17, 15) is 9.59 Å². The molecule has 1 aromatic rings. The van der Waals surface area contributed by atoms with Gasteiger partial charge in [0.1, 0.15) is 12.1 Å². The van der Waals surface area contributed by atoms with Crippen molar-refractivity contribution in [3.8, 4) is 0 Å². The molecule has 0 aliphatic carbocycles. The maximum Gasteiger partial charge on any atom is 0.250 e. The minimum atomic E-state index is -0.522.